The van der Waals surface area contributed by atoms with Crippen molar-refractivity contribution in [3.05, 3.63) is 58.7 Å². The topological polar surface area (TPSA) is 106 Å². The fraction of sp³-hybridized carbons (Fsp3) is 0.176. The molecular weight excluding hydrogens is 322 g/mol. The van der Waals surface area contributed by atoms with Crippen LogP contribution in [-0.4, -0.2) is 25.7 Å². The molecule has 3 aromatic heterocycles. The summed E-state index contributed by atoms with van der Waals surface area (Å²) in [6, 6.07) is 6.57. The molecule has 0 bridgehead atoms. The number of nitrogens with one attached hydrogen (secondary N) is 2. The second-order valence-electron chi connectivity index (χ2n) is 5.21. The van der Waals surface area contributed by atoms with Gasteiger partial charge in [-0.25, -0.2) is 4.98 Å². The molecule has 0 aliphatic rings. The van der Waals surface area contributed by atoms with Crippen LogP contribution in [0, 0.1) is 0 Å². The predicted molar refractivity (Wildman–Crippen MR) is 92.5 cm³/mol. The zero-order valence-corrected chi connectivity index (χ0v) is 13.8. The number of anilines is 1. The van der Waals surface area contributed by atoms with Crippen LogP contribution in [0.3, 0.4) is 0 Å². The van der Waals surface area contributed by atoms with E-state index in [0.717, 1.165) is 0 Å². The molecule has 3 heterocycles. The number of hydrogen-bond acceptors (Lipinski definition) is 5. The van der Waals surface area contributed by atoms with E-state index in [9.17, 15) is 9.59 Å². The van der Waals surface area contributed by atoms with Crippen molar-refractivity contribution in [1.29, 1.82) is 0 Å². The van der Waals surface area contributed by atoms with Crippen molar-refractivity contribution < 1.29 is 9.21 Å². The molecule has 0 aliphatic carbocycles. The van der Waals surface area contributed by atoms with Gasteiger partial charge in [0.15, 0.2) is 5.76 Å². The zero-order valence-electron chi connectivity index (χ0n) is 13.8. The molecule has 3 rings (SSSR count). The highest BCUT2D eigenvalue weighted by Crippen LogP contribution is 2.24. The normalized spacial score (nSPS) is 11.1. The van der Waals surface area contributed by atoms with E-state index in [0.29, 0.717) is 29.4 Å². The molecule has 8 heteroatoms. The Hall–Kier alpha value is -3.42. The summed E-state index contributed by atoms with van der Waals surface area (Å²) in [4.78, 5) is 30.8. The SMILES string of the molecule is C/C=C\C(=O)Nc1cc(-c2ccco2)nn1-c1nc(CC)cc(=O)[nH]1. The van der Waals surface area contributed by atoms with Gasteiger partial charge in [0, 0.05) is 17.8 Å². The number of aromatic amines is 1. The van der Waals surface area contributed by atoms with Gasteiger partial charge in [-0.3, -0.25) is 14.6 Å². The standard InChI is InChI=1S/C17H17N5O3/c1-3-6-15(23)19-14-10-12(13-7-5-8-25-13)21-22(14)17-18-11(4-2)9-16(24)20-17/h3,5-10H,4H2,1-2H3,(H,19,23)(H,18,20,24)/b6-3-. The van der Waals surface area contributed by atoms with E-state index in [1.165, 1.54) is 23.1 Å². The molecule has 0 radical (unpaired) electrons. The third kappa shape index (κ3) is 3.57. The average molecular weight is 339 g/mol. The Kier molecular flexibility index (Phi) is 4.60. The summed E-state index contributed by atoms with van der Waals surface area (Å²) in [5.41, 5.74) is 0.840. The number of aromatic nitrogens is 4. The molecule has 2 N–H and O–H groups in total. The van der Waals surface area contributed by atoms with Crippen LogP contribution in [0.15, 0.2) is 51.9 Å². The minimum atomic E-state index is -0.316. The van der Waals surface area contributed by atoms with Crippen molar-refractivity contribution in [2.24, 2.45) is 0 Å². The fourth-order valence-electron chi connectivity index (χ4n) is 2.27. The summed E-state index contributed by atoms with van der Waals surface area (Å²) in [6.45, 7) is 3.65. The van der Waals surface area contributed by atoms with E-state index < -0.39 is 0 Å². The number of H-pyrrole nitrogens is 1. The van der Waals surface area contributed by atoms with Gasteiger partial charge in [0.1, 0.15) is 11.5 Å². The lowest BCUT2D eigenvalue weighted by atomic mass is 10.3. The van der Waals surface area contributed by atoms with Gasteiger partial charge >= 0.3 is 0 Å². The quantitative estimate of drug-likeness (QED) is 0.694. The molecule has 0 fully saturated rings. The largest absolute Gasteiger partial charge is 0.463 e. The highest BCUT2D eigenvalue weighted by atomic mass is 16.3. The third-order valence-corrected chi connectivity index (χ3v) is 3.40. The molecule has 25 heavy (non-hydrogen) atoms. The first-order valence-electron chi connectivity index (χ1n) is 7.79. The van der Waals surface area contributed by atoms with E-state index in [2.05, 4.69) is 20.4 Å². The predicted octanol–water partition coefficient (Wildman–Crippen LogP) is 2.29. The van der Waals surface area contributed by atoms with E-state index in [-0.39, 0.29) is 17.4 Å². The number of nitrogens with zero attached hydrogens (tertiary/aromatic N) is 3. The minimum Gasteiger partial charge on any atom is -0.463 e. The van der Waals surface area contributed by atoms with Crippen molar-refractivity contribution in [2.75, 3.05) is 5.32 Å². The Labute approximate surface area is 143 Å². The van der Waals surface area contributed by atoms with Gasteiger partial charge in [0.2, 0.25) is 11.9 Å². The Balaban J connectivity index is 2.11. The van der Waals surface area contributed by atoms with Crippen LogP contribution in [0.2, 0.25) is 0 Å². The number of amides is 1. The summed E-state index contributed by atoms with van der Waals surface area (Å²) in [6.07, 6.45) is 5.15. The summed E-state index contributed by atoms with van der Waals surface area (Å²) in [5, 5.41) is 7.12. The molecule has 8 nitrogen and oxygen atoms in total. The Morgan fingerprint density at radius 3 is 2.96 bits per heavy atom. The molecule has 0 atom stereocenters. The van der Waals surface area contributed by atoms with Crippen molar-refractivity contribution in [3.63, 3.8) is 0 Å². The van der Waals surface area contributed by atoms with E-state index >= 15 is 0 Å². The van der Waals surface area contributed by atoms with Gasteiger partial charge in [0.25, 0.3) is 5.56 Å². The van der Waals surface area contributed by atoms with Crippen molar-refractivity contribution >= 4 is 11.7 Å². The minimum absolute atomic E-state index is 0.220. The smallest absolute Gasteiger partial charge is 0.252 e. The maximum Gasteiger partial charge on any atom is 0.252 e. The van der Waals surface area contributed by atoms with Crippen molar-refractivity contribution in [1.82, 2.24) is 19.7 Å². The monoisotopic (exact) mass is 339 g/mol. The molecule has 0 saturated carbocycles. The molecule has 128 valence electrons. The average Bonchev–Trinajstić information content (AvgIpc) is 3.23. The van der Waals surface area contributed by atoms with Gasteiger partial charge in [-0.1, -0.05) is 13.0 Å². The molecule has 1 amide bonds. The Bertz CT molecular complexity index is 967. The van der Waals surface area contributed by atoms with Crippen LogP contribution in [0.1, 0.15) is 19.5 Å². The van der Waals surface area contributed by atoms with Gasteiger partial charge in [0.05, 0.1) is 6.26 Å². The van der Waals surface area contributed by atoms with Crippen molar-refractivity contribution in [3.8, 4) is 17.4 Å². The summed E-state index contributed by atoms with van der Waals surface area (Å²) in [7, 11) is 0. The van der Waals surface area contributed by atoms with Gasteiger partial charge in [-0.2, -0.15) is 9.78 Å². The molecule has 0 aliphatic heterocycles. The maximum absolute atomic E-state index is 11.9. The van der Waals surface area contributed by atoms with Gasteiger partial charge < -0.3 is 9.73 Å². The fourth-order valence-corrected chi connectivity index (χ4v) is 2.27. The van der Waals surface area contributed by atoms with E-state index in [4.69, 9.17) is 4.42 Å². The molecular formula is C17H17N5O3. The number of hydrogen-bond donors (Lipinski definition) is 2. The van der Waals surface area contributed by atoms with Gasteiger partial charge in [-0.15, -0.1) is 0 Å². The number of carbonyl (C=O) groups excluding carboxylic acids is 1. The van der Waals surface area contributed by atoms with Crippen LogP contribution < -0.4 is 10.9 Å². The third-order valence-electron chi connectivity index (χ3n) is 3.40. The maximum atomic E-state index is 11.9. The first kappa shape index (κ1) is 16.4. The molecule has 0 saturated heterocycles. The van der Waals surface area contributed by atoms with Crippen LogP contribution >= 0.6 is 0 Å². The lowest BCUT2D eigenvalue weighted by Crippen LogP contribution is -2.18. The van der Waals surface area contributed by atoms with Gasteiger partial charge in [-0.05, 0) is 31.6 Å². The number of allylic oxidation sites excluding steroid dienone is 1. The van der Waals surface area contributed by atoms with Crippen LogP contribution in [0.4, 0.5) is 5.82 Å². The van der Waals surface area contributed by atoms with Crippen molar-refractivity contribution in [2.45, 2.75) is 20.3 Å². The Morgan fingerprint density at radius 1 is 1.44 bits per heavy atom. The summed E-state index contributed by atoms with van der Waals surface area (Å²) >= 11 is 0. The van der Waals surface area contributed by atoms with E-state index in [1.807, 2.05) is 6.92 Å². The number of rotatable bonds is 5. The molecule has 0 spiro atoms. The van der Waals surface area contributed by atoms with Crippen LogP contribution in [0.5, 0.6) is 0 Å². The second kappa shape index (κ2) is 7.00. The molecule has 0 unspecified atom stereocenters. The number of carbonyl (C=O) groups is 1. The molecule has 0 aromatic carbocycles. The van der Waals surface area contributed by atoms with E-state index in [1.54, 1.807) is 31.2 Å². The zero-order chi connectivity index (χ0) is 17.8. The lowest BCUT2D eigenvalue weighted by Gasteiger charge is -2.07. The first-order valence-corrected chi connectivity index (χ1v) is 7.79. The summed E-state index contributed by atoms with van der Waals surface area (Å²) in [5.74, 6) is 0.807. The first-order chi connectivity index (χ1) is 12.1. The molecule has 3 aromatic rings. The van der Waals surface area contributed by atoms with Crippen LogP contribution in [0.25, 0.3) is 17.4 Å². The Morgan fingerprint density at radius 2 is 2.28 bits per heavy atom. The highest BCUT2D eigenvalue weighted by Gasteiger charge is 2.16. The second-order valence-corrected chi connectivity index (χ2v) is 5.21. The lowest BCUT2D eigenvalue weighted by molar-refractivity contribution is -0.111. The number of aryl methyl sites for hydroxylation is 1. The van der Waals surface area contributed by atoms with Crippen LogP contribution in [-0.2, 0) is 11.2 Å². The highest BCUT2D eigenvalue weighted by molar-refractivity contribution is 5.99. The summed E-state index contributed by atoms with van der Waals surface area (Å²) < 4.78 is 6.72. The number of furan rings is 1.